The molecule has 5 nitrogen and oxygen atoms in total. The molecule has 0 saturated heterocycles. The van der Waals surface area contributed by atoms with Crippen LogP contribution in [-0.2, 0) is 0 Å². The van der Waals surface area contributed by atoms with Gasteiger partial charge in [-0.1, -0.05) is 19.3 Å². The largest absolute Gasteiger partial charge is 0.493 e. The fraction of sp³-hybridized carbons (Fsp3) is 0.562. The quantitative estimate of drug-likeness (QED) is 0.842. The van der Waals surface area contributed by atoms with E-state index < -0.39 is 5.97 Å². The van der Waals surface area contributed by atoms with E-state index in [0.717, 1.165) is 12.8 Å². The Morgan fingerprint density at radius 3 is 2.57 bits per heavy atom. The fourth-order valence-corrected chi connectivity index (χ4v) is 2.86. The summed E-state index contributed by atoms with van der Waals surface area (Å²) in [7, 11) is 1.54. The number of hydrogen-bond donors (Lipinski definition) is 2. The number of carboxylic acid groups (broad SMARTS) is 1. The lowest BCUT2D eigenvalue weighted by molar-refractivity contribution is 0.0695. The molecule has 0 spiro atoms. The van der Waals surface area contributed by atoms with Crippen molar-refractivity contribution in [3.8, 4) is 11.5 Å². The van der Waals surface area contributed by atoms with E-state index in [2.05, 4.69) is 0 Å². The zero-order valence-corrected chi connectivity index (χ0v) is 12.4. The van der Waals surface area contributed by atoms with Crippen LogP contribution in [0.15, 0.2) is 18.2 Å². The predicted molar refractivity (Wildman–Crippen MR) is 80.0 cm³/mol. The third kappa shape index (κ3) is 3.67. The monoisotopic (exact) mass is 293 g/mol. The number of carbonyl (C=O) groups is 1. The number of aromatic carboxylic acids is 1. The van der Waals surface area contributed by atoms with Crippen LogP contribution in [0, 0.1) is 5.41 Å². The third-order valence-electron chi connectivity index (χ3n) is 4.29. The van der Waals surface area contributed by atoms with Gasteiger partial charge in [-0.25, -0.2) is 4.79 Å². The van der Waals surface area contributed by atoms with Crippen molar-refractivity contribution in [3.63, 3.8) is 0 Å². The van der Waals surface area contributed by atoms with E-state index in [0.29, 0.717) is 24.7 Å². The molecule has 1 aliphatic rings. The first-order chi connectivity index (χ1) is 10.1. The third-order valence-corrected chi connectivity index (χ3v) is 4.29. The molecule has 1 saturated carbocycles. The highest BCUT2D eigenvalue weighted by atomic mass is 16.5. The minimum atomic E-state index is -0.978. The Kier molecular flexibility index (Phi) is 5.07. The van der Waals surface area contributed by atoms with Crippen molar-refractivity contribution >= 4 is 5.97 Å². The highest BCUT2D eigenvalue weighted by molar-refractivity contribution is 5.88. The van der Waals surface area contributed by atoms with Gasteiger partial charge >= 0.3 is 5.97 Å². The second-order valence-electron chi connectivity index (χ2n) is 5.72. The zero-order valence-electron chi connectivity index (χ0n) is 12.4. The minimum Gasteiger partial charge on any atom is -0.493 e. The predicted octanol–water partition coefficient (Wildman–Crippen LogP) is 2.68. The first kappa shape index (κ1) is 15.6. The summed E-state index contributed by atoms with van der Waals surface area (Å²) in [6.07, 6.45) is 5.72. The number of carboxylic acids is 1. The van der Waals surface area contributed by atoms with Gasteiger partial charge in [-0.2, -0.15) is 0 Å². The van der Waals surface area contributed by atoms with Crippen LogP contribution in [0.4, 0.5) is 0 Å². The van der Waals surface area contributed by atoms with Gasteiger partial charge in [0.2, 0.25) is 0 Å². The Hall–Kier alpha value is -1.75. The number of benzene rings is 1. The standard InChI is InChI=1S/C16H23NO4/c1-20-13-6-5-12(15(18)19)9-14(13)21-11-16(10-17)7-3-2-4-8-16/h5-6,9H,2-4,7-8,10-11,17H2,1H3,(H,18,19). The number of methoxy groups -OCH3 is 1. The lowest BCUT2D eigenvalue weighted by atomic mass is 9.75. The lowest BCUT2D eigenvalue weighted by Crippen LogP contribution is -2.38. The molecule has 1 fully saturated rings. The van der Waals surface area contributed by atoms with Crippen LogP contribution in [0.5, 0.6) is 11.5 Å². The molecule has 0 radical (unpaired) electrons. The second kappa shape index (κ2) is 6.80. The zero-order chi connectivity index (χ0) is 15.3. The second-order valence-corrected chi connectivity index (χ2v) is 5.72. The maximum absolute atomic E-state index is 11.1. The molecule has 0 bridgehead atoms. The number of hydrogen-bond acceptors (Lipinski definition) is 4. The van der Waals surface area contributed by atoms with Crippen LogP contribution in [0.1, 0.15) is 42.5 Å². The average Bonchev–Trinajstić information content (AvgIpc) is 2.53. The molecule has 3 N–H and O–H groups in total. The Balaban J connectivity index is 2.13. The van der Waals surface area contributed by atoms with Crippen molar-refractivity contribution < 1.29 is 19.4 Å². The summed E-state index contributed by atoms with van der Waals surface area (Å²) in [5.41, 5.74) is 6.14. The highest BCUT2D eigenvalue weighted by Crippen LogP contribution is 2.37. The number of nitrogens with two attached hydrogens (primary N) is 1. The Bertz CT molecular complexity index is 495. The van der Waals surface area contributed by atoms with E-state index in [1.54, 1.807) is 13.2 Å². The van der Waals surface area contributed by atoms with Gasteiger partial charge in [0.25, 0.3) is 0 Å². The molecule has 1 aromatic rings. The molecule has 1 aliphatic carbocycles. The lowest BCUT2D eigenvalue weighted by Gasteiger charge is -2.35. The Morgan fingerprint density at radius 2 is 2.00 bits per heavy atom. The maximum Gasteiger partial charge on any atom is 0.335 e. The summed E-state index contributed by atoms with van der Waals surface area (Å²) in [4.78, 5) is 11.1. The van der Waals surface area contributed by atoms with Crippen LogP contribution in [0.2, 0.25) is 0 Å². The SMILES string of the molecule is COc1ccc(C(=O)O)cc1OCC1(CN)CCCCC1. The van der Waals surface area contributed by atoms with Crippen molar-refractivity contribution in [2.24, 2.45) is 11.1 Å². The van der Waals surface area contributed by atoms with Crippen molar-refractivity contribution in [2.75, 3.05) is 20.3 Å². The van der Waals surface area contributed by atoms with Crippen LogP contribution in [0.3, 0.4) is 0 Å². The van der Waals surface area contributed by atoms with Crippen molar-refractivity contribution in [3.05, 3.63) is 23.8 Å². The Labute approximate surface area is 125 Å². The molecule has 1 aromatic carbocycles. The topological polar surface area (TPSA) is 81.8 Å². The molecule has 0 aliphatic heterocycles. The molecule has 2 rings (SSSR count). The van der Waals surface area contributed by atoms with Crippen LogP contribution >= 0.6 is 0 Å². The van der Waals surface area contributed by atoms with Gasteiger partial charge in [0.15, 0.2) is 11.5 Å². The summed E-state index contributed by atoms with van der Waals surface area (Å²) in [6, 6.07) is 4.64. The summed E-state index contributed by atoms with van der Waals surface area (Å²) in [5.74, 6) is 0.0347. The summed E-state index contributed by atoms with van der Waals surface area (Å²) in [5, 5.41) is 9.07. The van der Waals surface area contributed by atoms with Gasteiger partial charge in [0, 0.05) is 12.0 Å². The maximum atomic E-state index is 11.1. The molecule has 0 aromatic heterocycles. The van der Waals surface area contributed by atoms with Gasteiger partial charge in [-0.3, -0.25) is 0 Å². The molecular formula is C16H23NO4. The van der Waals surface area contributed by atoms with Crippen LogP contribution in [-0.4, -0.2) is 31.3 Å². The molecule has 0 atom stereocenters. The molecule has 5 heteroatoms. The smallest absolute Gasteiger partial charge is 0.335 e. The molecule has 0 unspecified atom stereocenters. The normalized spacial score (nSPS) is 17.2. The van der Waals surface area contributed by atoms with Crippen LogP contribution < -0.4 is 15.2 Å². The minimum absolute atomic E-state index is 0.00247. The molecule has 0 heterocycles. The van der Waals surface area contributed by atoms with Gasteiger partial charge in [0.05, 0.1) is 19.3 Å². The fourth-order valence-electron chi connectivity index (χ4n) is 2.86. The van der Waals surface area contributed by atoms with Crippen molar-refractivity contribution in [1.82, 2.24) is 0 Å². The summed E-state index contributed by atoms with van der Waals surface area (Å²) >= 11 is 0. The van der Waals surface area contributed by atoms with E-state index >= 15 is 0 Å². The summed E-state index contributed by atoms with van der Waals surface area (Å²) < 4.78 is 11.1. The molecular weight excluding hydrogens is 270 g/mol. The molecule has 21 heavy (non-hydrogen) atoms. The van der Waals surface area contributed by atoms with Gasteiger partial charge in [-0.15, -0.1) is 0 Å². The van der Waals surface area contributed by atoms with Crippen molar-refractivity contribution in [1.29, 1.82) is 0 Å². The van der Waals surface area contributed by atoms with E-state index in [9.17, 15) is 4.79 Å². The van der Waals surface area contributed by atoms with E-state index in [1.807, 2.05) is 0 Å². The van der Waals surface area contributed by atoms with Crippen molar-refractivity contribution in [2.45, 2.75) is 32.1 Å². The number of ether oxygens (including phenoxy) is 2. The Morgan fingerprint density at radius 1 is 1.29 bits per heavy atom. The number of rotatable bonds is 6. The van der Waals surface area contributed by atoms with E-state index in [4.69, 9.17) is 20.3 Å². The first-order valence-corrected chi connectivity index (χ1v) is 7.34. The highest BCUT2D eigenvalue weighted by Gasteiger charge is 2.31. The van der Waals surface area contributed by atoms with Gasteiger partial charge in [-0.05, 0) is 31.0 Å². The summed E-state index contributed by atoms with van der Waals surface area (Å²) in [6.45, 7) is 1.09. The molecule has 0 amide bonds. The van der Waals surface area contributed by atoms with E-state index in [-0.39, 0.29) is 11.0 Å². The van der Waals surface area contributed by atoms with Gasteiger partial charge in [0.1, 0.15) is 0 Å². The van der Waals surface area contributed by atoms with Gasteiger partial charge < -0.3 is 20.3 Å². The average molecular weight is 293 g/mol. The molecule has 116 valence electrons. The first-order valence-electron chi connectivity index (χ1n) is 7.34. The van der Waals surface area contributed by atoms with E-state index in [1.165, 1.54) is 31.4 Å². The van der Waals surface area contributed by atoms with Crippen LogP contribution in [0.25, 0.3) is 0 Å².